The van der Waals surface area contributed by atoms with E-state index in [4.69, 9.17) is 9.47 Å². The van der Waals surface area contributed by atoms with Crippen LogP contribution in [-0.4, -0.2) is 61.1 Å². The summed E-state index contributed by atoms with van der Waals surface area (Å²) in [6.07, 6.45) is 5.23. The van der Waals surface area contributed by atoms with Crippen LogP contribution in [0.5, 0.6) is 17.5 Å². The van der Waals surface area contributed by atoms with Crippen molar-refractivity contribution in [3.05, 3.63) is 35.9 Å². The third-order valence-corrected chi connectivity index (χ3v) is 6.38. The minimum atomic E-state index is -3.52. The number of sulfone groups is 1. The van der Waals surface area contributed by atoms with Gasteiger partial charge in [-0.1, -0.05) is 6.92 Å². The Morgan fingerprint density at radius 3 is 2.53 bits per heavy atom. The predicted molar refractivity (Wildman–Crippen MR) is 116 cm³/mol. The van der Waals surface area contributed by atoms with E-state index in [2.05, 4.69) is 14.9 Å². The van der Waals surface area contributed by atoms with E-state index < -0.39 is 15.7 Å². The van der Waals surface area contributed by atoms with Crippen molar-refractivity contribution in [2.75, 3.05) is 25.9 Å². The third kappa shape index (κ3) is 6.23. The van der Waals surface area contributed by atoms with Crippen LogP contribution in [0.25, 0.3) is 0 Å². The van der Waals surface area contributed by atoms with Crippen LogP contribution in [0, 0.1) is 12.7 Å². The monoisotopic (exact) mass is 465 g/mol. The minimum Gasteiger partial charge on any atom is -0.474 e. The van der Waals surface area contributed by atoms with Crippen molar-refractivity contribution in [2.24, 2.45) is 0 Å². The van der Waals surface area contributed by atoms with E-state index in [0.717, 1.165) is 44.7 Å². The van der Waals surface area contributed by atoms with E-state index in [0.29, 0.717) is 24.4 Å². The van der Waals surface area contributed by atoms with Gasteiger partial charge in [0.25, 0.3) is 0 Å². The summed E-state index contributed by atoms with van der Waals surface area (Å²) in [5.41, 5.74) is 0.514. The van der Waals surface area contributed by atoms with E-state index in [9.17, 15) is 17.6 Å². The molecule has 0 N–H and O–H groups in total. The van der Waals surface area contributed by atoms with Crippen molar-refractivity contribution in [1.29, 1.82) is 0 Å². The van der Waals surface area contributed by atoms with Crippen LogP contribution < -0.4 is 9.47 Å². The molecule has 0 atom stereocenters. The lowest BCUT2D eigenvalue weighted by molar-refractivity contribution is -0.120. The normalized spacial score (nSPS) is 15.5. The molecule has 1 aromatic carbocycles. The molecule has 1 fully saturated rings. The number of carbonyl (C=O) groups excluding carboxylic acids is 1. The van der Waals surface area contributed by atoms with Crippen LogP contribution in [0.4, 0.5) is 4.39 Å². The molecule has 3 rings (SSSR count). The SMILES string of the molecule is CCCC(=O)CN1CCC(Oc2ncnc(Oc3ccc(S(C)(=O)=O)cc3F)c2C)CC1. The molecule has 1 aromatic heterocycles. The number of ether oxygens (including phenoxy) is 2. The molecule has 2 heterocycles. The number of hydrogen-bond acceptors (Lipinski definition) is 8. The maximum absolute atomic E-state index is 14.4. The lowest BCUT2D eigenvalue weighted by atomic mass is 10.1. The highest BCUT2D eigenvalue weighted by atomic mass is 32.2. The Labute approximate surface area is 187 Å². The first-order valence-corrected chi connectivity index (χ1v) is 12.5. The molecule has 1 aliphatic heterocycles. The molecular weight excluding hydrogens is 437 g/mol. The van der Waals surface area contributed by atoms with Crippen molar-refractivity contribution in [3.63, 3.8) is 0 Å². The summed E-state index contributed by atoms with van der Waals surface area (Å²) in [5, 5.41) is 0. The van der Waals surface area contributed by atoms with Crippen LogP contribution in [-0.2, 0) is 14.6 Å². The first kappa shape index (κ1) is 24.1. The number of ketones is 1. The fourth-order valence-electron chi connectivity index (χ4n) is 3.49. The molecular formula is C22H28FN3O5S. The molecule has 0 saturated carbocycles. The van der Waals surface area contributed by atoms with Gasteiger partial charge in [-0.25, -0.2) is 22.8 Å². The largest absolute Gasteiger partial charge is 0.474 e. The van der Waals surface area contributed by atoms with Crippen molar-refractivity contribution < 1.29 is 27.1 Å². The van der Waals surface area contributed by atoms with Gasteiger partial charge >= 0.3 is 0 Å². The Bertz CT molecular complexity index is 1070. The standard InChI is InChI=1S/C22H28FN3O5S/c1-4-5-16(27)13-26-10-8-17(9-11-26)30-21-15(2)22(25-14-24-21)31-20-7-6-18(12-19(20)23)32(3,28)29/h6-7,12,14,17H,4-5,8-11,13H2,1-3H3. The molecule has 1 aliphatic rings. The van der Waals surface area contributed by atoms with Crippen molar-refractivity contribution in [3.8, 4) is 17.5 Å². The van der Waals surface area contributed by atoms with Gasteiger partial charge in [0.2, 0.25) is 11.8 Å². The van der Waals surface area contributed by atoms with Gasteiger partial charge in [0.1, 0.15) is 18.2 Å². The lowest BCUT2D eigenvalue weighted by Crippen LogP contribution is -2.40. The third-order valence-electron chi connectivity index (χ3n) is 5.27. The van der Waals surface area contributed by atoms with E-state index in [1.165, 1.54) is 18.5 Å². The van der Waals surface area contributed by atoms with Crippen LogP contribution in [0.15, 0.2) is 29.4 Å². The fraction of sp³-hybridized carbons (Fsp3) is 0.500. The molecule has 0 unspecified atom stereocenters. The van der Waals surface area contributed by atoms with Crippen molar-refractivity contribution >= 4 is 15.6 Å². The number of piperidine rings is 1. The number of likely N-dealkylation sites (tertiary alicyclic amines) is 1. The van der Waals surface area contributed by atoms with Gasteiger partial charge in [-0.15, -0.1) is 0 Å². The van der Waals surface area contributed by atoms with E-state index in [-0.39, 0.29) is 28.4 Å². The highest BCUT2D eigenvalue weighted by Gasteiger charge is 2.24. The van der Waals surface area contributed by atoms with Gasteiger partial charge in [-0.05, 0) is 44.4 Å². The minimum absolute atomic E-state index is 0.0558. The summed E-state index contributed by atoms with van der Waals surface area (Å²) in [5.74, 6) is -0.210. The summed E-state index contributed by atoms with van der Waals surface area (Å²) in [6, 6.07) is 3.45. The summed E-state index contributed by atoms with van der Waals surface area (Å²) in [6.45, 7) is 5.73. The Hall–Kier alpha value is -2.59. The number of aromatic nitrogens is 2. The molecule has 10 heteroatoms. The lowest BCUT2D eigenvalue weighted by Gasteiger charge is -2.31. The summed E-state index contributed by atoms with van der Waals surface area (Å²) in [7, 11) is -3.52. The zero-order valence-corrected chi connectivity index (χ0v) is 19.3. The molecule has 174 valence electrons. The van der Waals surface area contributed by atoms with Gasteiger partial charge < -0.3 is 9.47 Å². The summed E-state index contributed by atoms with van der Waals surface area (Å²) in [4.78, 5) is 22.1. The van der Waals surface area contributed by atoms with Crippen LogP contribution in [0.1, 0.15) is 38.2 Å². The maximum Gasteiger partial charge on any atom is 0.229 e. The Balaban J connectivity index is 1.64. The molecule has 32 heavy (non-hydrogen) atoms. The van der Waals surface area contributed by atoms with Gasteiger partial charge in [0.05, 0.1) is 17.0 Å². The van der Waals surface area contributed by atoms with E-state index >= 15 is 0 Å². The molecule has 0 aliphatic carbocycles. The molecule has 0 spiro atoms. The zero-order valence-electron chi connectivity index (χ0n) is 18.5. The number of halogens is 1. The Morgan fingerprint density at radius 2 is 1.91 bits per heavy atom. The first-order valence-electron chi connectivity index (χ1n) is 10.6. The molecule has 0 radical (unpaired) electrons. The quantitative estimate of drug-likeness (QED) is 0.556. The van der Waals surface area contributed by atoms with E-state index in [1.807, 2.05) is 6.92 Å². The zero-order chi connectivity index (χ0) is 23.3. The predicted octanol–water partition coefficient (Wildman–Crippen LogP) is 3.33. The summed E-state index contributed by atoms with van der Waals surface area (Å²) >= 11 is 0. The number of Topliss-reactive ketones (excluding diaryl/α,β-unsaturated/α-hetero) is 1. The maximum atomic E-state index is 14.4. The number of hydrogen-bond donors (Lipinski definition) is 0. The molecule has 0 amide bonds. The molecule has 0 bridgehead atoms. The number of rotatable bonds is 9. The molecule has 2 aromatic rings. The first-order chi connectivity index (χ1) is 15.2. The Morgan fingerprint density at radius 1 is 1.22 bits per heavy atom. The van der Waals surface area contributed by atoms with Crippen LogP contribution in [0.2, 0.25) is 0 Å². The second kappa shape index (κ2) is 10.4. The number of nitrogens with zero attached hydrogens (tertiary/aromatic N) is 3. The second-order valence-electron chi connectivity index (χ2n) is 7.96. The smallest absolute Gasteiger partial charge is 0.229 e. The van der Waals surface area contributed by atoms with Gasteiger partial charge in [0.15, 0.2) is 21.4 Å². The van der Waals surface area contributed by atoms with Crippen LogP contribution in [0.3, 0.4) is 0 Å². The van der Waals surface area contributed by atoms with Gasteiger partial charge in [0, 0.05) is 25.8 Å². The van der Waals surface area contributed by atoms with Crippen LogP contribution >= 0.6 is 0 Å². The Kier molecular flexibility index (Phi) is 7.78. The topological polar surface area (TPSA) is 98.7 Å². The number of benzene rings is 1. The van der Waals surface area contributed by atoms with Crippen molar-refractivity contribution in [1.82, 2.24) is 14.9 Å². The molecule has 1 saturated heterocycles. The van der Waals surface area contributed by atoms with Crippen molar-refractivity contribution in [2.45, 2.75) is 50.5 Å². The average Bonchev–Trinajstić information content (AvgIpc) is 2.73. The highest BCUT2D eigenvalue weighted by molar-refractivity contribution is 7.90. The number of carbonyl (C=O) groups is 1. The second-order valence-corrected chi connectivity index (χ2v) is 9.97. The average molecular weight is 466 g/mol. The highest BCUT2D eigenvalue weighted by Crippen LogP contribution is 2.31. The van der Waals surface area contributed by atoms with E-state index in [1.54, 1.807) is 6.92 Å². The van der Waals surface area contributed by atoms with Gasteiger partial charge in [-0.3, -0.25) is 9.69 Å². The fourth-order valence-corrected chi connectivity index (χ4v) is 4.12. The summed E-state index contributed by atoms with van der Waals surface area (Å²) < 4.78 is 49.1. The molecule has 8 nitrogen and oxygen atoms in total. The van der Waals surface area contributed by atoms with Gasteiger partial charge in [-0.2, -0.15) is 0 Å².